The highest BCUT2D eigenvalue weighted by molar-refractivity contribution is 9.10. The van der Waals surface area contributed by atoms with Gasteiger partial charge in [0, 0.05) is 29.9 Å². The molecule has 0 N–H and O–H groups in total. The van der Waals surface area contributed by atoms with Crippen LogP contribution < -0.4 is 4.74 Å². The van der Waals surface area contributed by atoms with Crippen LogP contribution in [0.2, 0.25) is 0 Å². The Morgan fingerprint density at radius 2 is 1.97 bits per heavy atom. The van der Waals surface area contributed by atoms with Crippen molar-refractivity contribution in [3.8, 4) is 5.75 Å². The highest BCUT2D eigenvalue weighted by Crippen LogP contribution is 2.24. The molecular weight excluding hydrogens is 458 g/mol. The molecule has 2 aromatic carbocycles. The summed E-state index contributed by atoms with van der Waals surface area (Å²) in [6, 6.07) is 12.9. The fraction of sp³-hybridized carbons (Fsp3) is 0.300. The molecule has 0 bridgehead atoms. The molecule has 3 rings (SSSR count). The van der Waals surface area contributed by atoms with Gasteiger partial charge in [-0.2, -0.15) is 0 Å². The number of para-hydroxylation sites is 2. The third-order valence-electron chi connectivity index (χ3n) is 4.49. The second kappa shape index (κ2) is 8.54. The van der Waals surface area contributed by atoms with Gasteiger partial charge in [-0.15, -0.1) is 0 Å². The van der Waals surface area contributed by atoms with Gasteiger partial charge in [0.05, 0.1) is 18.1 Å². The molecule has 9 heteroatoms. The molecule has 0 fully saturated rings. The summed E-state index contributed by atoms with van der Waals surface area (Å²) in [6.45, 7) is 0.355. The van der Waals surface area contributed by atoms with Gasteiger partial charge >= 0.3 is 0 Å². The van der Waals surface area contributed by atoms with Crippen LogP contribution in [0, 0.1) is 0 Å². The van der Waals surface area contributed by atoms with Crippen molar-refractivity contribution >= 4 is 42.7 Å². The molecule has 0 spiro atoms. The van der Waals surface area contributed by atoms with Crippen LogP contribution in [-0.2, 0) is 33.5 Å². The second-order valence-electron chi connectivity index (χ2n) is 6.88. The fourth-order valence-electron chi connectivity index (χ4n) is 3.12. The Morgan fingerprint density at radius 3 is 2.66 bits per heavy atom. The number of sulfone groups is 1. The van der Waals surface area contributed by atoms with Gasteiger partial charge in [-0.05, 0) is 30.3 Å². The molecule has 0 radical (unpaired) electrons. The molecule has 0 aliphatic rings. The maximum absolute atomic E-state index is 12.9. The molecule has 0 aliphatic carbocycles. The van der Waals surface area contributed by atoms with Gasteiger partial charge in [0.2, 0.25) is 5.91 Å². The summed E-state index contributed by atoms with van der Waals surface area (Å²) in [7, 11) is -0.00232. The molecule has 1 amide bonds. The first-order valence-electron chi connectivity index (χ1n) is 8.86. The zero-order valence-corrected chi connectivity index (χ0v) is 18.8. The Kier molecular flexibility index (Phi) is 6.28. The Morgan fingerprint density at radius 1 is 1.24 bits per heavy atom. The van der Waals surface area contributed by atoms with E-state index in [0.29, 0.717) is 23.6 Å². The molecule has 0 atom stereocenters. The predicted molar refractivity (Wildman–Crippen MR) is 115 cm³/mol. The Balaban J connectivity index is 1.87. The van der Waals surface area contributed by atoms with E-state index in [1.165, 1.54) is 0 Å². The highest BCUT2D eigenvalue weighted by atomic mass is 79.9. The van der Waals surface area contributed by atoms with Gasteiger partial charge in [-0.3, -0.25) is 4.79 Å². The summed E-state index contributed by atoms with van der Waals surface area (Å²) < 4.78 is 31.6. The number of imidazole rings is 1. The summed E-state index contributed by atoms with van der Waals surface area (Å²) in [4.78, 5) is 18.9. The van der Waals surface area contributed by atoms with Crippen molar-refractivity contribution in [3.05, 3.63) is 58.3 Å². The van der Waals surface area contributed by atoms with Crippen molar-refractivity contribution in [1.82, 2.24) is 14.5 Å². The zero-order valence-electron chi connectivity index (χ0n) is 16.4. The number of fused-ring (bicyclic) bond motifs is 1. The van der Waals surface area contributed by atoms with E-state index in [4.69, 9.17) is 4.74 Å². The molecule has 0 aliphatic heterocycles. The number of benzene rings is 2. The standard InChI is InChI=1S/C20H22BrN3O4S/c1-23(11-14-10-15(21)8-9-18(14)28-2)20(25)12-24-17-7-5-4-6-16(17)22-19(24)13-29(3,26)27/h4-10H,11-13H2,1-3H3. The van der Waals surface area contributed by atoms with Crippen LogP contribution in [0.15, 0.2) is 46.9 Å². The molecule has 0 saturated carbocycles. The second-order valence-corrected chi connectivity index (χ2v) is 9.93. The largest absolute Gasteiger partial charge is 0.496 e. The number of hydrogen-bond acceptors (Lipinski definition) is 5. The third-order valence-corrected chi connectivity index (χ3v) is 5.77. The Bertz CT molecular complexity index is 1160. The van der Waals surface area contributed by atoms with E-state index in [-0.39, 0.29) is 18.2 Å². The van der Waals surface area contributed by atoms with Gasteiger partial charge in [-0.1, -0.05) is 28.1 Å². The number of likely N-dealkylation sites (N-methyl/N-ethyl adjacent to an activating group) is 1. The van der Waals surface area contributed by atoms with Crippen LogP contribution in [0.25, 0.3) is 11.0 Å². The first-order valence-corrected chi connectivity index (χ1v) is 11.7. The van der Waals surface area contributed by atoms with Crippen LogP contribution in [0.3, 0.4) is 0 Å². The predicted octanol–water partition coefficient (Wildman–Crippen LogP) is 3.01. The number of amides is 1. The fourth-order valence-corrected chi connectivity index (χ4v) is 4.21. The summed E-state index contributed by atoms with van der Waals surface area (Å²) in [5.41, 5.74) is 2.26. The lowest BCUT2D eigenvalue weighted by atomic mass is 10.2. The minimum Gasteiger partial charge on any atom is -0.496 e. The van der Waals surface area contributed by atoms with E-state index in [9.17, 15) is 13.2 Å². The number of carbonyl (C=O) groups is 1. The van der Waals surface area contributed by atoms with E-state index < -0.39 is 9.84 Å². The molecule has 3 aromatic rings. The molecule has 1 heterocycles. The van der Waals surface area contributed by atoms with Crippen LogP contribution >= 0.6 is 15.9 Å². The Labute approximate surface area is 178 Å². The van der Waals surface area contributed by atoms with Crippen LogP contribution in [-0.4, -0.2) is 49.2 Å². The first kappa shape index (κ1) is 21.3. The summed E-state index contributed by atoms with van der Waals surface area (Å²) in [6.07, 6.45) is 1.16. The van der Waals surface area contributed by atoms with Crippen molar-refractivity contribution in [1.29, 1.82) is 0 Å². The van der Waals surface area contributed by atoms with E-state index >= 15 is 0 Å². The highest BCUT2D eigenvalue weighted by Gasteiger charge is 2.19. The normalized spacial score (nSPS) is 11.6. The van der Waals surface area contributed by atoms with Gasteiger partial charge in [0.1, 0.15) is 23.9 Å². The monoisotopic (exact) mass is 479 g/mol. The minimum atomic E-state index is -3.30. The van der Waals surface area contributed by atoms with E-state index in [0.717, 1.165) is 21.8 Å². The van der Waals surface area contributed by atoms with E-state index in [1.807, 2.05) is 36.4 Å². The SMILES string of the molecule is COc1ccc(Br)cc1CN(C)C(=O)Cn1c(CS(C)(=O)=O)nc2ccccc21. The van der Waals surface area contributed by atoms with Gasteiger partial charge in [0.15, 0.2) is 9.84 Å². The van der Waals surface area contributed by atoms with E-state index in [2.05, 4.69) is 20.9 Å². The van der Waals surface area contributed by atoms with Crippen molar-refractivity contribution in [2.24, 2.45) is 0 Å². The molecule has 0 unspecified atom stereocenters. The van der Waals surface area contributed by atoms with Crippen LogP contribution in [0.4, 0.5) is 0 Å². The molecule has 29 heavy (non-hydrogen) atoms. The minimum absolute atomic E-state index is 0.00180. The lowest BCUT2D eigenvalue weighted by molar-refractivity contribution is -0.131. The van der Waals surface area contributed by atoms with Gasteiger partial charge in [-0.25, -0.2) is 13.4 Å². The summed E-state index contributed by atoms with van der Waals surface area (Å²) >= 11 is 3.44. The average Bonchev–Trinajstić information content (AvgIpc) is 2.97. The molecular formula is C20H22BrN3O4S. The van der Waals surface area contributed by atoms with Crippen molar-refractivity contribution < 1.29 is 17.9 Å². The lowest BCUT2D eigenvalue weighted by Gasteiger charge is -2.20. The number of hydrogen-bond donors (Lipinski definition) is 0. The number of rotatable bonds is 7. The van der Waals surface area contributed by atoms with Crippen LogP contribution in [0.5, 0.6) is 5.75 Å². The molecule has 7 nitrogen and oxygen atoms in total. The number of ether oxygens (including phenoxy) is 1. The number of methoxy groups -OCH3 is 1. The van der Waals surface area contributed by atoms with Crippen molar-refractivity contribution in [2.75, 3.05) is 20.4 Å². The number of aromatic nitrogens is 2. The maximum atomic E-state index is 12.9. The average molecular weight is 480 g/mol. The Hall–Kier alpha value is -2.39. The lowest BCUT2D eigenvalue weighted by Crippen LogP contribution is -2.30. The molecule has 1 aromatic heterocycles. The van der Waals surface area contributed by atoms with Crippen LogP contribution in [0.1, 0.15) is 11.4 Å². The van der Waals surface area contributed by atoms with Gasteiger partial charge in [0.25, 0.3) is 0 Å². The summed E-state index contributed by atoms with van der Waals surface area (Å²) in [5.74, 6) is 0.664. The van der Waals surface area contributed by atoms with Crippen molar-refractivity contribution in [3.63, 3.8) is 0 Å². The topological polar surface area (TPSA) is 81.5 Å². The number of carbonyl (C=O) groups excluding carboxylic acids is 1. The third kappa shape index (κ3) is 5.16. The van der Waals surface area contributed by atoms with Crippen molar-refractivity contribution in [2.45, 2.75) is 18.8 Å². The first-order chi connectivity index (χ1) is 13.7. The maximum Gasteiger partial charge on any atom is 0.242 e. The smallest absolute Gasteiger partial charge is 0.242 e. The van der Waals surface area contributed by atoms with E-state index in [1.54, 1.807) is 29.7 Å². The van der Waals surface area contributed by atoms with Gasteiger partial charge < -0.3 is 14.2 Å². The molecule has 0 saturated heterocycles. The number of halogens is 1. The quantitative estimate of drug-likeness (QED) is 0.520. The number of nitrogens with zero attached hydrogens (tertiary/aromatic N) is 3. The molecule has 154 valence electrons. The summed E-state index contributed by atoms with van der Waals surface area (Å²) in [5, 5.41) is 0. The zero-order chi connectivity index (χ0) is 21.2.